The molecule has 2 aromatic rings. The summed E-state index contributed by atoms with van der Waals surface area (Å²) in [6, 6.07) is 11.8. The van der Waals surface area contributed by atoms with Crippen LogP contribution in [0.25, 0.3) is 0 Å². The van der Waals surface area contributed by atoms with Gasteiger partial charge in [-0.25, -0.2) is 15.4 Å². The lowest BCUT2D eigenvalue weighted by molar-refractivity contribution is 0.261. The Hall–Kier alpha value is -1.86. The summed E-state index contributed by atoms with van der Waals surface area (Å²) in [7, 11) is 0. The molecule has 1 amide bonds. The van der Waals surface area contributed by atoms with Gasteiger partial charge in [0.05, 0.1) is 0 Å². The zero-order valence-electron chi connectivity index (χ0n) is 13.2. The highest BCUT2D eigenvalue weighted by atomic mass is 32.2. The van der Waals surface area contributed by atoms with Crippen LogP contribution in [-0.4, -0.2) is 27.2 Å². The lowest BCUT2D eigenvalue weighted by Crippen LogP contribution is -2.15. The summed E-state index contributed by atoms with van der Waals surface area (Å²) in [4.78, 5) is 20.5. The van der Waals surface area contributed by atoms with Crippen LogP contribution in [0.3, 0.4) is 0 Å². The third-order valence-electron chi connectivity index (χ3n) is 2.83. The van der Waals surface area contributed by atoms with E-state index in [1.54, 1.807) is 6.07 Å². The van der Waals surface area contributed by atoms with Crippen LogP contribution >= 0.6 is 23.5 Å². The molecule has 1 aromatic carbocycles. The second-order valence-corrected chi connectivity index (χ2v) is 6.61. The molecule has 7 heteroatoms. The number of aromatic nitrogens is 2. The van der Waals surface area contributed by atoms with Gasteiger partial charge < -0.3 is 0 Å². The Labute approximate surface area is 144 Å². The molecule has 1 N–H and O–H groups in total. The second-order valence-electron chi connectivity index (χ2n) is 4.85. The monoisotopic (exact) mass is 346 g/mol. The summed E-state index contributed by atoms with van der Waals surface area (Å²) in [6.45, 7) is 3.77. The fourth-order valence-electron chi connectivity index (χ4n) is 1.85. The van der Waals surface area contributed by atoms with Gasteiger partial charge in [0.25, 0.3) is 0 Å². The van der Waals surface area contributed by atoms with Gasteiger partial charge in [0, 0.05) is 17.8 Å². The molecule has 0 aliphatic rings. The molecule has 5 nitrogen and oxygen atoms in total. The molecule has 0 radical (unpaired) electrons. The van der Waals surface area contributed by atoms with Crippen molar-refractivity contribution in [1.29, 1.82) is 0 Å². The van der Waals surface area contributed by atoms with Crippen LogP contribution in [0.15, 0.2) is 51.7 Å². The first kappa shape index (κ1) is 17.5. The van der Waals surface area contributed by atoms with E-state index in [1.165, 1.54) is 11.8 Å². The summed E-state index contributed by atoms with van der Waals surface area (Å²) in [6.07, 6.45) is 2.61. The molecule has 0 unspecified atom stereocenters. The largest absolute Gasteiger partial charge is 0.305 e. The van der Waals surface area contributed by atoms with E-state index in [9.17, 15) is 4.79 Å². The van der Waals surface area contributed by atoms with Gasteiger partial charge in [-0.3, -0.25) is 4.79 Å². The maximum Gasteiger partial charge on any atom is 0.305 e. The normalized spacial score (nSPS) is 11.3. The second kappa shape index (κ2) is 8.69. The number of rotatable bonds is 5. The van der Waals surface area contributed by atoms with Gasteiger partial charge >= 0.3 is 5.24 Å². The Balaban J connectivity index is 1.92. The smallest absolute Gasteiger partial charge is 0.260 e. The quantitative estimate of drug-likeness (QED) is 0.292. The number of hydrazone groups is 1. The van der Waals surface area contributed by atoms with Gasteiger partial charge in [0.2, 0.25) is 0 Å². The van der Waals surface area contributed by atoms with Crippen LogP contribution in [0.5, 0.6) is 0 Å². The van der Waals surface area contributed by atoms with E-state index < -0.39 is 0 Å². The lowest BCUT2D eigenvalue weighted by atomic mass is 10.1. The van der Waals surface area contributed by atoms with Gasteiger partial charge in [-0.2, -0.15) is 5.10 Å². The first-order valence-corrected chi connectivity index (χ1v) is 9.05. The lowest BCUT2D eigenvalue weighted by Gasteiger charge is -2.04. The van der Waals surface area contributed by atoms with E-state index >= 15 is 0 Å². The number of aryl methyl sites for hydroxylation is 1. The van der Waals surface area contributed by atoms with Crippen molar-refractivity contribution in [2.24, 2.45) is 5.10 Å². The molecule has 0 saturated heterocycles. The zero-order chi connectivity index (χ0) is 16.7. The molecule has 1 heterocycles. The third kappa shape index (κ3) is 6.03. The topological polar surface area (TPSA) is 67.2 Å². The minimum atomic E-state index is -0.262. The molecule has 0 fully saturated rings. The summed E-state index contributed by atoms with van der Waals surface area (Å²) in [5.41, 5.74) is 5.39. The summed E-state index contributed by atoms with van der Waals surface area (Å²) < 4.78 is 0. The van der Waals surface area contributed by atoms with E-state index in [1.807, 2.05) is 50.4 Å². The number of carbonyl (C=O) groups excluding carboxylic acids is 1. The molecule has 0 bridgehead atoms. The Morgan fingerprint density at radius 2 is 2.00 bits per heavy atom. The van der Waals surface area contributed by atoms with E-state index in [-0.39, 0.29) is 5.24 Å². The van der Waals surface area contributed by atoms with Gasteiger partial charge in [-0.15, -0.1) is 0 Å². The summed E-state index contributed by atoms with van der Waals surface area (Å²) in [5.74, 6) is 0. The zero-order valence-corrected chi connectivity index (χ0v) is 14.9. The minimum absolute atomic E-state index is 0.262. The molecule has 0 saturated carbocycles. The number of carbonyl (C=O) groups is 1. The number of nitrogens with zero attached hydrogens (tertiary/aromatic N) is 3. The van der Waals surface area contributed by atoms with Crippen molar-refractivity contribution in [2.45, 2.75) is 30.5 Å². The Morgan fingerprint density at radius 3 is 2.70 bits per heavy atom. The molecule has 1 aromatic heterocycles. The molecule has 120 valence electrons. The van der Waals surface area contributed by atoms with Crippen molar-refractivity contribution in [1.82, 2.24) is 15.4 Å². The van der Waals surface area contributed by atoms with Crippen LogP contribution in [0.4, 0.5) is 4.79 Å². The highest BCUT2D eigenvalue weighted by Gasteiger charge is 2.08. The van der Waals surface area contributed by atoms with E-state index in [2.05, 4.69) is 20.5 Å². The highest BCUT2D eigenvalue weighted by molar-refractivity contribution is 8.13. The van der Waals surface area contributed by atoms with Crippen LogP contribution in [0, 0.1) is 6.92 Å². The molecule has 0 aliphatic heterocycles. The first-order valence-electron chi connectivity index (χ1n) is 7.01. The van der Waals surface area contributed by atoms with Crippen molar-refractivity contribution >= 4 is 34.5 Å². The fourth-order valence-corrected chi connectivity index (χ4v) is 2.97. The fraction of sp³-hybridized carbons (Fsp3) is 0.250. The Morgan fingerprint density at radius 1 is 1.26 bits per heavy atom. The Bertz CT molecular complexity index is 704. The van der Waals surface area contributed by atoms with Crippen molar-refractivity contribution in [2.75, 3.05) is 6.26 Å². The van der Waals surface area contributed by atoms with Crippen LogP contribution < -0.4 is 5.43 Å². The van der Waals surface area contributed by atoms with E-state index in [0.717, 1.165) is 28.7 Å². The standard InChI is InChI=1S/C16H18N4OS2/c1-11-10-14(18-15(17-11)22-3)23-16(21)20-19-12(2)9-13-7-5-4-6-8-13/h4-8,10H,9H2,1-3H3,(H,20,21). The summed E-state index contributed by atoms with van der Waals surface area (Å²) >= 11 is 2.46. The van der Waals surface area contributed by atoms with Gasteiger partial charge in [0.15, 0.2) is 5.16 Å². The maximum atomic E-state index is 12.0. The van der Waals surface area contributed by atoms with Gasteiger partial charge in [-0.05, 0) is 43.5 Å². The number of amides is 1. The van der Waals surface area contributed by atoms with Crippen molar-refractivity contribution in [3.63, 3.8) is 0 Å². The van der Waals surface area contributed by atoms with Crippen molar-refractivity contribution in [3.05, 3.63) is 47.7 Å². The molecule has 0 spiro atoms. The molecule has 23 heavy (non-hydrogen) atoms. The van der Waals surface area contributed by atoms with Crippen molar-refractivity contribution in [3.8, 4) is 0 Å². The average molecular weight is 346 g/mol. The van der Waals surface area contributed by atoms with Gasteiger partial charge in [0.1, 0.15) is 5.03 Å². The molecular weight excluding hydrogens is 328 g/mol. The number of hydrogen-bond donors (Lipinski definition) is 1. The first-order chi connectivity index (χ1) is 11.1. The average Bonchev–Trinajstić information content (AvgIpc) is 2.53. The van der Waals surface area contributed by atoms with Crippen molar-refractivity contribution < 1.29 is 4.79 Å². The predicted molar refractivity (Wildman–Crippen MR) is 96.2 cm³/mol. The van der Waals surface area contributed by atoms with Crippen LogP contribution in [0.1, 0.15) is 18.2 Å². The molecule has 0 aliphatic carbocycles. The number of thioether (sulfide) groups is 2. The van der Waals surface area contributed by atoms with E-state index in [4.69, 9.17) is 0 Å². The number of benzene rings is 1. The molecule has 2 rings (SSSR count). The van der Waals surface area contributed by atoms with Crippen LogP contribution in [0.2, 0.25) is 0 Å². The maximum absolute atomic E-state index is 12.0. The highest BCUT2D eigenvalue weighted by Crippen LogP contribution is 2.20. The number of hydrogen-bond acceptors (Lipinski definition) is 6. The van der Waals surface area contributed by atoms with Gasteiger partial charge in [-0.1, -0.05) is 42.1 Å². The molecular formula is C16H18N4OS2. The number of nitrogens with one attached hydrogen (secondary N) is 1. The molecule has 0 atom stereocenters. The minimum Gasteiger partial charge on any atom is -0.260 e. The third-order valence-corrected chi connectivity index (χ3v) is 4.07. The predicted octanol–water partition coefficient (Wildman–Crippen LogP) is 3.93. The van der Waals surface area contributed by atoms with Crippen LogP contribution in [-0.2, 0) is 6.42 Å². The SMILES string of the molecule is CSc1nc(C)cc(SC(=O)NN=C(C)Cc2ccccc2)n1. The Kier molecular flexibility index (Phi) is 6.61. The van der Waals surface area contributed by atoms with E-state index in [0.29, 0.717) is 16.6 Å². The summed E-state index contributed by atoms with van der Waals surface area (Å²) in [5, 5.41) is 5.14.